The molecule has 0 bridgehead atoms. The predicted molar refractivity (Wildman–Crippen MR) is 165 cm³/mol. The first-order valence-corrected chi connectivity index (χ1v) is 14.8. The van der Waals surface area contributed by atoms with Gasteiger partial charge in [0.1, 0.15) is 5.75 Å². The van der Waals surface area contributed by atoms with E-state index in [9.17, 15) is 9.59 Å². The van der Waals surface area contributed by atoms with E-state index in [0.717, 1.165) is 58.6 Å². The number of benzene rings is 3. The Morgan fingerprint density at radius 2 is 1.98 bits per heavy atom. The molecule has 1 atom stereocenters. The monoisotopic (exact) mass is 577 g/mol. The Balaban J connectivity index is 1.26. The first kappa shape index (κ1) is 27.1. The van der Waals surface area contributed by atoms with Crippen molar-refractivity contribution in [1.82, 2.24) is 9.47 Å². The molecule has 0 spiro atoms. The molecule has 3 aliphatic rings. The van der Waals surface area contributed by atoms with Crippen LogP contribution in [-0.2, 0) is 22.4 Å². The van der Waals surface area contributed by atoms with Gasteiger partial charge in [0.05, 0.1) is 38.0 Å². The van der Waals surface area contributed by atoms with Crippen LogP contribution in [0.2, 0.25) is 0 Å². The van der Waals surface area contributed by atoms with Crippen LogP contribution in [0.1, 0.15) is 55.0 Å². The van der Waals surface area contributed by atoms with Gasteiger partial charge in [0.25, 0.3) is 5.91 Å². The molecule has 0 aliphatic carbocycles. The van der Waals surface area contributed by atoms with Crippen LogP contribution in [0.4, 0.5) is 5.69 Å². The Labute approximate surface area is 250 Å². The summed E-state index contributed by atoms with van der Waals surface area (Å²) in [5.41, 5.74) is 7.75. The minimum absolute atomic E-state index is 0.219. The van der Waals surface area contributed by atoms with E-state index in [1.54, 1.807) is 7.11 Å². The number of rotatable bonds is 7. The average molecular weight is 578 g/mol. The van der Waals surface area contributed by atoms with Crippen LogP contribution in [0.25, 0.3) is 10.9 Å². The number of amides is 2. The molecule has 3 aliphatic heterocycles. The second-order valence-electron chi connectivity index (χ2n) is 11.7. The highest BCUT2D eigenvalue weighted by atomic mass is 16.5. The summed E-state index contributed by atoms with van der Waals surface area (Å²) in [4.78, 5) is 27.6. The average Bonchev–Trinajstić information content (AvgIpc) is 3.68. The van der Waals surface area contributed by atoms with E-state index in [0.29, 0.717) is 23.7 Å². The van der Waals surface area contributed by atoms with E-state index in [1.165, 1.54) is 23.0 Å². The number of aromatic nitrogens is 1. The van der Waals surface area contributed by atoms with Crippen LogP contribution in [0, 0.1) is 0 Å². The zero-order valence-electron chi connectivity index (χ0n) is 24.9. The molecule has 3 aromatic carbocycles. The van der Waals surface area contributed by atoms with Gasteiger partial charge in [-0.2, -0.15) is 0 Å². The Morgan fingerprint density at radius 3 is 2.77 bits per heavy atom. The van der Waals surface area contributed by atoms with Crippen molar-refractivity contribution in [3.8, 4) is 17.2 Å². The number of ether oxygens (including phenoxy) is 3. The van der Waals surface area contributed by atoms with Crippen molar-refractivity contribution < 1.29 is 23.8 Å². The molecule has 8 heteroatoms. The molecule has 2 amide bonds. The third kappa shape index (κ3) is 4.52. The van der Waals surface area contributed by atoms with Crippen LogP contribution >= 0.6 is 0 Å². The fourth-order valence-corrected chi connectivity index (χ4v) is 6.66. The first-order valence-electron chi connectivity index (χ1n) is 14.8. The summed E-state index contributed by atoms with van der Waals surface area (Å²) in [5, 5.41) is 4.62. The van der Waals surface area contributed by atoms with E-state index in [4.69, 9.17) is 14.2 Å². The maximum absolute atomic E-state index is 13.8. The third-order valence-corrected chi connectivity index (χ3v) is 8.75. The normalized spacial score (nSPS) is 17.1. The lowest BCUT2D eigenvalue weighted by Crippen LogP contribution is -2.33. The summed E-state index contributed by atoms with van der Waals surface area (Å²) in [6, 6.07) is 18.6. The molecule has 0 saturated carbocycles. The zero-order chi connectivity index (χ0) is 29.8. The molecule has 43 heavy (non-hydrogen) atoms. The topological polar surface area (TPSA) is 82.0 Å². The van der Waals surface area contributed by atoms with E-state index < -0.39 is 5.92 Å². The molecule has 1 unspecified atom stereocenters. The number of fused-ring (bicyclic) bond motifs is 1. The van der Waals surface area contributed by atoms with Gasteiger partial charge in [-0.25, -0.2) is 0 Å². The van der Waals surface area contributed by atoms with E-state index in [-0.39, 0.29) is 24.4 Å². The molecule has 220 valence electrons. The van der Waals surface area contributed by atoms with Crippen LogP contribution in [0.3, 0.4) is 0 Å². The van der Waals surface area contributed by atoms with Crippen molar-refractivity contribution in [2.24, 2.45) is 0 Å². The number of carbonyl (C=O) groups is 2. The SMILES string of the molecule is COc1cc(C2C3=C(CN(C(C)=O)C3=O)Nc3cccc4c3c2cn4C(C)C)ccc1OCCc1ccc2c(c1)CCO2. The quantitative estimate of drug-likeness (QED) is 0.291. The number of nitrogens with one attached hydrogen (secondary N) is 1. The molecule has 4 heterocycles. The van der Waals surface area contributed by atoms with Crippen LogP contribution in [-0.4, -0.2) is 48.1 Å². The second kappa shape index (κ2) is 10.5. The summed E-state index contributed by atoms with van der Waals surface area (Å²) in [6.45, 7) is 7.20. The number of carbonyl (C=O) groups excluding carboxylic acids is 2. The largest absolute Gasteiger partial charge is 0.493 e. The van der Waals surface area contributed by atoms with Crippen LogP contribution in [0.15, 0.2) is 72.1 Å². The van der Waals surface area contributed by atoms with Crippen molar-refractivity contribution in [3.05, 3.63) is 94.3 Å². The Bertz CT molecular complexity index is 1820. The summed E-state index contributed by atoms with van der Waals surface area (Å²) in [7, 11) is 1.63. The minimum Gasteiger partial charge on any atom is -0.493 e. The molecule has 1 aromatic heterocycles. The lowest BCUT2D eigenvalue weighted by Gasteiger charge is -2.21. The number of hydrogen-bond acceptors (Lipinski definition) is 6. The fourth-order valence-electron chi connectivity index (χ4n) is 6.66. The van der Waals surface area contributed by atoms with Gasteiger partial charge in [-0.05, 0) is 66.4 Å². The van der Waals surface area contributed by atoms with Gasteiger partial charge in [-0.15, -0.1) is 0 Å². The van der Waals surface area contributed by atoms with Crippen molar-refractivity contribution in [2.45, 2.75) is 45.6 Å². The zero-order valence-corrected chi connectivity index (χ0v) is 24.9. The number of hydrogen-bond donors (Lipinski definition) is 1. The first-order chi connectivity index (χ1) is 20.8. The molecule has 0 fully saturated rings. The standard InChI is InChI=1S/C35H35N3O5/c1-20(2)37-18-25-32(34-27(19-38(21(3)39)35(34)40)36-26-6-5-7-28(37)33(25)26)24-9-11-30(31(17-24)41-4)43-14-12-22-8-10-29-23(16-22)13-15-42-29/h5-11,16-18,20,32,36H,12-15,19H2,1-4H3. The number of anilines is 1. The van der Waals surface area contributed by atoms with Crippen molar-refractivity contribution in [3.63, 3.8) is 0 Å². The maximum atomic E-state index is 13.8. The van der Waals surface area contributed by atoms with Crippen molar-refractivity contribution in [2.75, 3.05) is 32.2 Å². The molecular formula is C35H35N3O5. The fraction of sp³-hybridized carbons (Fsp3) is 0.314. The number of methoxy groups -OCH3 is 1. The van der Waals surface area contributed by atoms with Crippen molar-refractivity contribution in [1.29, 1.82) is 0 Å². The molecule has 7 rings (SSSR count). The molecule has 0 saturated heterocycles. The lowest BCUT2D eigenvalue weighted by molar-refractivity contribution is -0.139. The molecule has 8 nitrogen and oxygen atoms in total. The summed E-state index contributed by atoms with van der Waals surface area (Å²) < 4.78 is 19.9. The summed E-state index contributed by atoms with van der Waals surface area (Å²) >= 11 is 0. The van der Waals surface area contributed by atoms with Gasteiger partial charge in [0.15, 0.2) is 11.5 Å². The Hall–Kier alpha value is -4.72. The highest BCUT2D eigenvalue weighted by Gasteiger charge is 2.42. The lowest BCUT2D eigenvalue weighted by atomic mass is 9.84. The number of imide groups is 1. The highest BCUT2D eigenvalue weighted by Crippen LogP contribution is 2.48. The van der Waals surface area contributed by atoms with E-state index in [1.807, 2.05) is 36.4 Å². The Morgan fingerprint density at radius 1 is 1.12 bits per heavy atom. The molecule has 0 radical (unpaired) electrons. The minimum atomic E-state index is -0.401. The van der Waals surface area contributed by atoms with Gasteiger partial charge >= 0.3 is 0 Å². The smallest absolute Gasteiger partial charge is 0.259 e. The summed E-state index contributed by atoms with van der Waals surface area (Å²) in [6.07, 6.45) is 3.86. The van der Waals surface area contributed by atoms with Crippen molar-refractivity contribution >= 4 is 28.4 Å². The van der Waals surface area contributed by atoms with Gasteiger partial charge < -0.3 is 24.1 Å². The second-order valence-corrected chi connectivity index (χ2v) is 11.7. The van der Waals surface area contributed by atoms with Crippen LogP contribution < -0.4 is 19.5 Å². The van der Waals surface area contributed by atoms with Gasteiger partial charge in [-0.3, -0.25) is 14.5 Å². The Kier molecular flexibility index (Phi) is 6.64. The van der Waals surface area contributed by atoms with Gasteiger partial charge in [-0.1, -0.05) is 24.3 Å². The van der Waals surface area contributed by atoms with E-state index in [2.05, 4.69) is 48.1 Å². The summed E-state index contributed by atoms with van der Waals surface area (Å²) in [5.74, 6) is 1.28. The number of nitrogens with zero attached hydrogens (tertiary/aromatic N) is 2. The highest BCUT2D eigenvalue weighted by molar-refractivity contribution is 6.11. The van der Waals surface area contributed by atoms with Gasteiger partial charge in [0, 0.05) is 54.7 Å². The van der Waals surface area contributed by atoms with E-state index >= 15 is 0 Å². The van der Waals surface area contributed by atoms with Crippen LogP contribution in [0.5, 0.6) is 17.2 Å². The molecule has 1 N–H and O–H groups in total. The van der Waals surface area contributed by atoms with Gasteiger partial charge in [0.2, 0.25) is 5.91 Å². The molecule has 4 aromatic rings. The maximum Gasteiger partial charge on any atom is 0.259 e. The predicted octanol–water partition coefficient (Wildman–Crippen LogP) is 5.99. The molecular weight excluding hydrogens is 542 g/mol. The third-order valence-electron chi connectivity index (χ3n) is 8.75.